The highest BCUT2D eigenvalue weighted by Gasteiger charge is 2.18. The number of ether oxygens (including phenoxy) is 1. The number of hydrogen-bond acceptors (Lipinski definition) is 5. The van der Waals surface area contributed by atoms with Gasteiger partial charge in [-0.2, -0.15) is 0 Å². The molecule has 0 bridgehead atoms. The minimum atomic E-state index is -0.840. The van der Waals surface area contributed by atoms with Gasteiger partial charge in [-0.25, -0.2) is 0 Å². The van der Waals surface area contributed by atoms with E-state index in [1.807, 2.05) is 6.08 Å². The largest absolute Gasteiger partial charge is 0.466 e. The fraction of sp³-hybridized carbons (Fsp3) is 0.902. The van der Waals surface area contributed by atoms with E-state index in [1.54, 1.807) is 6.08 Å². The van der Waals surface area contributed by atoms with Gasteiger partial charge in [0.15, 0.2) is 0 Å². The zero-order chi connectivity index (χ0) is 48.6. The van der Waals surface area contributed by atoms with Crippen LogP contribution < -0.4 is 5.32 Å². The first-order chi connectivity index (χ1) is 33.0. The van der Waals surface area contributed by atoms with Gasteiger partial charge in [-0.1, -0.05) is 282 Å². The monoisotopic (exact) mass is 944 g/mol. The molecule has 0 radical (unpaired) electrons. The molecule has 396 valence electrons. The third kappa shape index (κ3) is 53.5. The predicted molar refractivity (Wildman–Crippen MR) is 292 cm³/mol. The Bertz CT molecular complexity index is 1040. The summed E-state index contributed by atoms with van der Waals surface area (Å²) in [5.41, 5.74) is 0. The summed E-state index contributed by atoms with van der Waals surface area (Å²) in [4.78, 5) is 24.4. The number of hydrogen-bond donors (Lipinski definition) is 3. The molecule has 1 amide bonds. The van der Waals surface area contributed by atoms with Crippen LogP contribution in [0.15, 0.2) is 24.3 Å². The zero-order valence-corrected chi connectivity index (χ0v) is 45.1. The van der Waals surface area contributed by atoms with Crippen LogP contribution in [-0.4, -0.2) is 47.4 Å². The SMILES string of the molecule is CCCCC/C=C\CCCCCCCC(=O)OCCCCCCCCCCCCCCCCCCCCCCCCCCCCCC(=O)NC(CO)C(O)/C=C/CCCCCCCCCCC. The Labute approximate surface area is 418 Å². The van der Waals surface area contributed by atoms with Crippen molar-refractivity contribution in [2.75, 3.05) is 13.2 Å². The maximum atomic E-state index is 12.4. The van der Waals surface area contributed by atoms with E-state index in [-0.39, 0.29) is 18.5 Å². The van der Waals surface area contributed by atoms with Crippen LogP contribution in [0.2, 0.25) is 0 Å². The molecule has 3 N–H and O–H groups in total. The molecule has 0 saturated carbocycles. The third-order valence-corrected chi connectivity index (χ3v) is 14.0. The van der Waals surface area contributed by atoms with Crippen molar-refractivity contribution in [3.05, 3.63) is 24.3 Å². The predicted octanol–water partition coefficient (Wildman–Crippen LogP) is 18.6. The minimum absolute atomic E-state index is 0.00751. The number of carbonyl (C=O) groups excluding carboxylic acids is 2. The van der Waals surface area contributed by atoms with Crippen molar-refractivity contribution in [1.29, 1.82) is 0 Å². The van der Waals surface area contributed by atoms with E-state index in [0.717, 1.165) is 44.9 Å². The quantitative estimate of drug-likeness (QED) is 0.0321. The number of aliphatic hydroxyl groups is 2. The van der Waals surface area contributed by atoms with Crippen LogP contribution in [-0.2, 0) is 14.3 Å². The fourth-order valence-electron chi connectivity index (χ4n) is 9.34. The van der Waals surface area contributed by atoms with E-state index in [0.29, 0.717) is 19.4 Å². The highest BCUT2D eigenvalue weighted by atomic mass is 16.5. The molecule has 2 unspecified atom stereocenters. The molecule has 0 heterocycles. The van der Waals surface area contributed by atoms with E-state index in [9.17, 15) is 19.8 Å². The van der Waals surface area contributed by atoms with Crippen molar-refractivity contribution < 1.29 is 24.5 Å². The molecule has 0 aromatic carbocycles. The third-order valence-electron chi connectivity index (χ3n) is 14.0. The van der Waals surface area contributed by atoms with Gasteiger partial charge in [0, 0.05) is 12.8 Å². The average Bonchev–Trinajstić information content (AvgIpc) is 3.33. The van der Waals surface area contributed by atoms with Crippen LogP contribution in [0.25, 0.3) is 0 Å². The molecule has 67 heavy (non-hydrogen) atoms. The first-order valence-corrected chi connectivity index (χ1v) is 30.1. The molecule has 2 atom stereocenters. The lowest BCUT2D eigenvalue weighted by Crippen LogP contribution is -2.45. The van der Waals surface area contributed by atoms with Gasteiger partial charge in [-0.15, -0.1) is 0 Å². The summed E-state index contributed by atoms with van der Waals surface area (Å²) in [7, 11) is 0. The Balaban J connectivity index is 3.34. The van der Waals surface area contributed by atoms with E-state index in [1.165, 1.54) is 257 Å². The standard InChI is InChI=1S/C61H117NO5/c1-3-5-7-9-11-13-15-35-39-43-47-51-55-61(66)67-56-52-48-44-40-36-32-30-28-26-24-22-20-18-16-17-19-21-23-25-27-29-31-34-38-42-46-50-54-60(65)62-58(57-63)59(64)53-49-45-41-37-33-14-12-10-8-6-4-2/h11,13,49,53,58-59,63-64H,3-10,12,14-48,50-52,54-57H2,1-2H3,(H,62,65)/b13-11-,53-49+. The van der Waals surface area contributed by atoms with Gasteiger partial charge in [0.2, 0.25) is 5.91 Å². The summed E-state index contributed by atoms with van der Waals surface area (Å²) in [6.45, 7) is 4.88. The van der Waals surface area contributed by atoms with Crippen molar-refractivity contribution in [3.8, 4) is 0 Å². The van der Waals surface area contributed by atoms with E-state index < -0.39 is 12.1 Å². The number of nitrogens with one attached hydrogen (secondary N) is 1. The smallest absolute Gasteiger partial charge is 0.305 e. The molecule has 0 aliphatic carbocycles. The van der Waals surface area contributed by atoms with Crippen molar-refractivity contribution in [3.63, 3.8) is 0 Å². The van der Waals surface area contributed by atoms with Crippen LogP contribution in [0.1, 0.15) is 328 Å². The second-order valence-corrected chi connectivity index (χ2v) is 20.7. The second-order valence-electron chi connectivity index (χ2n) is 20.7. The zero-order valence-electron chi connectivity index (χ0n) is 45.1. The molecule has 0 fully saturated rings. The van der Waals surface area contributed by atoms with E-state index in [4.69, 9.17) is 4.74 Å². The van der Waals surface area contributed by atoms with E-state index in [2.05, 4.69) is 31.3 Å². The summed E-state index contributed by atoms with van der Waals surface area (Å²) < 4.78 is 5.47. The van der Waals surface area contributed by atoms with Crippen LogP contribution in [0.4, 0.5) is 0 Å². The number of allylic oxidation sites excluding steroid dienone is 3. The lowest BCUT2D eigenvalue weighted by Gasteiger charge is -2.20. The molecular formula is C61H117NO5. The fourth-order valence-corrected chi connectivity index (χ4v) is 9.34. The van der Waals surface area contributed by atoms with Gasteiger partial charge in [-0.05, 0) is 57.8 Å². The average molecular weight is 945 g/mol. The van der Waals surface area contributed by atoms with Gasteiger partial charge in [-0.3, -0.25) is 9.59 Å². The van der Waals surface area contributed by atoms with Crippen LogP contribution in [0, 0.1) is 0 Å². The molecule has 0 aromatic rings. The van der Waals surface area contributed by atoms with Crippen molar-refractivity contribution in [1.82, 2.24) is 5.32 Å². The van der Waals surface area contributed by atoms with Crippen molar-refractivity contribution >= 4 is 11.9 Å². The Morgan fingerprint density at radius 2 is 0.701 bits per heavy atom. The number of amides is 1. The minimum Gasteiger partial charge on any atom is -0.466 e. The van der Waals surface area contributed by atoms with Crippen LogP contribution in [0.5, 0.6) is 0 Å². The highest BCUT2D eigenvalue weighted by molar-refractivity contribution is 5.76. The topological polar surface area (TPSA) is 95.9 Å². The summed E-state index contributed by atoms with van der Waals surface area (Å²) in [5.74, 6) is -0.0582. The first-order valence-electron chi connectivity index (χ1n) is 30.1. The number of unbranched alkanes of at least 4 members (excludes halogenated alkanes) is 43. The molecule has 0 spiro atoms. The number of carbonyl (C=O) groups is 2. The molecule has 0 aliphatic rings. The second kappa shape index (κ2) is 56.9. The summed E-state index contributed by atoms with van der Waals surface area (Å²) in [6.07, 6.45) is 69.4. The maximum Gasteiger partial charge on any atom is 0.305 e. The molecule has 0 aromatic heterocycles. The number of rotatable bonds is 56. The molecule has 0 rings (SSSR count). The van der Waals surface area contributed by atoms with Crippen LogP contribution in [0.3, 0.4) is 0 Å². The normalized spacial score (nSPS) is 12.7. The van der Waals surface area contributed by atoms with Gasteiger partial charge < -0.3 is 20.3 Å². The lowest BCUT2D eigenvalue weighted by atomic mass is 10.0. The molecule has 0 aliphatic heterocycles. The Morgan fingerprint density at radius 1 is 0.403 bits per heavy atom. The summed E-state index contributed by atoms with van der Waals surface area (Å²) >= 11 is 0. The Hall–Kier alpha value is -1.66. The molecule has 6 nitrogen and oxygen atoms in total. The lowest BCUT2D eigenvalue weighted by molar-refractivity contribution is -0.143. The van der Waals surface area contributed by atoms with E-state index >= 15 is 0 Å². The van der Waals surface area contributed by atoms with Gasteiger partial charge in [0.25, 0.3) is 0 Å². The maximum absolute atomic E-state index is 12.4. The first kappa shape index (κ1) is 65.3. The van der Waals surface area contributed by atoms with Crippen LogP contribution >= 0.6 is 0 Å². The van der Waals surface area contributed by atoms with Gasteiger partial charge >= 0.3 is 5.97 Å². The van der Waals surface area contributed by atoms with Crippen molar-refractivity contribution in [2.24, 2.45) is 0 Å². The molecular weight excluding hydrogens is 827 g/mol. The number of aliphatic hydroxyl groups excluding tert-OH is 2. The Morgan fingerprint density at radius 3 is 1.09 bits per heavy atom. The summed E-state index contributed by atoms with van der Waals surface area (Å²) in [6, 6.07) is -0.624. The molecule has 6 heteroatoms. The molecule has 0 saturated heterocycles. The Kier molecular flexibility index (Phi) is 55.5. The van der Waals surface area contributed by atoms with Gasteiger partial charge in [0.1, 0.15) is 0 Å². The summed E-state index contributed by atoms with van der Waals surface area (Å²) in [5, 5.41) is 23.0. The van der Waals surface area contributed by atoms with Crippen molar-refractivity contribution in [2.45, 2.75) is 341 Å². The number of esters is 1. The highest BCUT2D eigenvalue weighted by Crippen LogP contribution is 2.18. The van der Waals surface area contributed by atoms with Gasteiger partial charge in [0.05, 0.1) is 25.4 Å².